The molecule has 0 radical (unpaired) electrons. The number of fused-ring (bicyclic) bond motifs is 1. The summed E-state index contributed by atoms with van der Waals surface area (Å²) in [6, 6.07) is 12.9. The highest BCUT2D eigenvalue weighted by molar-refractivity contribution is 6.01. The number of aryl methyl sites for hydroxylation is 1. The molecule has 5 nitrogen and oxygen atoms in total. The number of nitrogens with zero attached hydrogens (tertiary/aromatic N) is 2. The first-order valence-electron chi connectivity index (χ1n) is 8.93. The Labute approximate surface area is 159 Å². The van der Waals surface area contributed by atoms with Crippen molar-refractivity contribution in [3.63, 3.8) is 0 Å². The first-order valence-corrected chi connectivity index (χ1v) is 8.93. The van der Waals surface area contributed by atoms with E-state index in [2.05, 4.69) is 42.8 Å². The van der Waals surface area contributed by atoms with Crippen LogP contribution in [-0.4, -0.2) is 21.8 Å². The number of nitrogens with one attached hydrogen (secondary N) is 1. The van der Waals surface area contributed by atoms with Crippen LogP contribution >= 0.6 is 0 Å². The summed E-state index contributed by atoms with van der Waals surface area (Å²) in [7, 11) is 0. The number of hydrogen-bond acceptors (Lipinski definition) is 3. The molecule has 0 unspecified atom stereocenters. The summed E-state index contributed by atoms with van der Waals surface area (Å²) >= 11 is 0. The molecule has 3 aromatic rings. The van der Waals surface area contributed by atoms with Gasteiger partial charge in [0.2, 0.25) is 0 Å². The molecule has 0 aliphatic carbocycles. The average molecular weight is 363 g/mol. The van der Waals surface area contributed by atoms with Crippen molar-refractivity contribution in [3.05, 3.63) is 65.0 Å². The summed E-state index contributed by atoms with van der Waals surface area (Å²) in [6.45, 7) is 10.5. The molecule has 0 atom stereocenters. The molecule has 140 valence electrons. The van der Waals surface area contributed by atoms with Gasteiger partial charge in [-0.1, -0.05) is 24.3 Å². The van der Waals surface area contributed by atoms with Crippen LogP contribution in [0.2, 0.25) is 0 Å². The summed E-state index contributed by atoms with van der Waals surface area (Å²) in [4.78, 5) is 12.4. The molecule has 0 bridgehead atoms. The van der Waals surface area contributed by atoms with E-state index in [0.29, 0.717) is 0 Å². The highest BCUT2D eigenvalue weighted by atomic mass is 16.3. The predicted octanol–water partition coefficient (Wildman–Crippen LogP) is 4.48. The SMILES string of the molecule is Cc1cc(C=NNC(=O)c2cc3ccccc3cc2O)c(C)n1C(C)(C)C. The van der Waals surface area contributed by atoms with E-state index < -0.39 is 5.91 Å². The van der Waals surface area contributed by atoms with Gasteiger partial charge in [-0.25, -0.2) is 5.43 Å². The zero-order chi connectivity index (χ0) is 19.8. The maximum absolute atomic E-state index is 12.4. The molecule has 2 aromatic carbocycles. The molecule has 5 heteroatoms. The van der Waals surface area contributed by atoms with Crippen LogP contribution < -0.4 is 5.43 Å². The highest BCUT2D eigenvalue weighted by Crippen LogP contribution is 2.25. The zero-order valence-electron chi connectivity index (χ0n) is 16.4. The Morgan fingerprint density at radius 3 is 2.33 bits per heavy atom. The van der Waals surface area contributed by atoms with E-state index in [-0.39, 0.29) is 16.9 Å². The molecule has 2 N–H and O–H groups in total. The molecule has 1 heterocycles. The van der Waals surface area contributed by atoms with Crippen molar-refractivity contribution >= 4 is 22.9 Å². The second-order valence-electron chi connectivity index (χ2n) is 7.75. The lowest BCUT2D eigenvalue weighted by molar-refractivity contribution is 0.0952. The molecule has 0 aliphatic rings. The molecule has 0 fully saturated rings. The number of hydrazone groups is 1. The molecular formula is C22H25N3O2. The van der Waals surface area contributed by atoms with Crippen molar-refractivity contribution in [2.45, 2.75) is 40.2 Å². The monoisotopic (exact) mass is 363 g/mol. The molecule has 0 spiro atoms. The Morgan fingerprint density at radius 2 is 1.74 bits per heavy atom. The number of aromatic nitrogens is 1. The van der Waals surface area contributed by atoms with Crippen molar-refractivity contribution in [1.82, 2.24) is 9.99 Å². The predicted molar refractivity (Wildman–Crippen MR) is 110 cm³/mol. The van der Waals surface area contributed by atoms with Gasteiger partial charge in [0.05, 0.1) is 11.8 Å². The Kier molecular flexibility index (Phi) is 4.79. The number of rotatable bonds is 3. The van der Waals surface area contributed by atoms with E-state index in [1.54, 1.807) is 18.3 Å². The van der Waals surface area contributed by atoms with Crippen LogP contribution in [0.1, 0.15) is 48.1 Å². The van der Waals surface area contributed by atoms with Gasteiger partial charge in [-0.05, 0) is 63.6 Å². The minimum absolute atomic E-state index is 0.0274. The average Bonchev–Trinajstić information content (AvgIpc) is 2.87. The molecule has 27 heavy (non-hydrogen) atoms. The fourth-order valence-corrected chi connectivity index (χ4v) is 3.58. The van der Waals surface area contributed by atoms with Crippen LogP contribution in [0.3, 0.4) is 0 Å². The number of phenols is 1. The lowest BCUT2D eigenvalue weighted by Crippen LogP contribution is -2.24. The van der Waals surface area contributed by atoms with Crippen LogP contribution in [-0.2, 0) is 5.54 Å². The Morgan fingerprint density at radius 1 is 1.11 bits per heavy atom. The van der Waals surface area contributed by atoms with Gasteiger partial charge in [0.25, 0.3) is 5.91 Å². The van der Waals surface area contributed by atoms with Crippen molar-refractivity contribution in [1.29, 1.82) is 0 Å². The van der Waals surface area contributed by atoms with Gasteiger partial charge in [-0.3, -0.25) is 4.79 Å². The van der Waals surface area contributed by atoms with Crippen LogP contribution in [0.15, 0.2) is 47.6 Å². The maximum atomic E-state index is 12.4. The van der Waals surface area contributed by atoms with Gasteiger partial charge in [0, 0.05) is 22.5 Å². The third kappa shape index (κ3) is 3.72. The number of benzene rings is 2. The highest BCUT2D eigenvalue weighted by Gasteiger charge is 2.19. The van der Waals surface area contributed by atoms with Gasteiger partial charge < -0.3 is 9.67 Å². The zero-order valence-corrected chi connectivity index (χ0v) is 16.4. The Balaban J connectivity index is 1.81. The maximum Gasteiger partial charge on any atom is 0.275 e. The standard InChI is InChI=1S/C22H25N3O2/c1-14-10-18(15(2)25(14)22(3,4)5)13-23-24-21(27)19-11-16-8-6-7-9-17(16)12-20(19)26/h6-13,26H,1-5H3,(H,24,27). The topological polar surface area (TPSA) is 66.6 Å². The number of phenolic OH excluding ortho intramolecular Hbond substituents is 1. The molecule has 1 amide bonds. The lowest BCUT2D eigenvalue weighted by atomic mass is 10.1. The molecular weight excluding hydrogens is 338 g/mol. The summed E-state index contributed by atoms with van der Waals surface area (Å²) < 4.78 is 2.24. The first-order chi connectivity index (χ1) is 12.7. The largest absolute Gasteiger partial charge is 0.507 e. The fraction of sp³-hybridized carbons (Fsp3) is 0.273. The van der Waals surface area contributed by atoms with Crippen LogP contribution in [0.4, 0.5) is 0 Å². The van der Waals surface area contributed by atoms with Crippen molar-refractivity contribution in [3.8, 4) is 5.75 Å². The van der Waals surface area contributed by atoms with Crippen molar-refractivity contribution in [2.24, 2.45) is 5.10 Å². The molecule has 0 aliphatic heterocycles. The van der Waals surface area contributed by atoms with Crippen LogP contribution in [0.25, 0.3) is 10.8 Å². The first kappa shape index (κ1) is 18.7. The molecule has 0 saturated carbocycles. The Hall–Kier alpha value is -3.08. The molecule has 0 saturated heterocycles. The summed E-state index contributed by atoms with van der Waals surface area (Å²) in [5, 5.41) is 16.0. The van der Waals surface area contributed by atoms with Gasteiger partial charge >= 0.3 is 0 Å². The summed E-state index contributed by atoms with van der Waals surface area (Å²) in [6.07, 6.45) is 1.64. The Bertz CT molecular complexity index is 1040. The number of hydrogen-bond donors (Lipinski definition) is 2. The van der Waals surface area contributed by atoms with Crippen LogP contribution in [0, 0.1) is 13.8 Å². The normalized spacial score (nSPS) is 12.0. The van der Waals surface area contributed by atoms with E-state index in [0.717, 1.165) is 27.7 Å². The van der Waals surface area contributed by atoms with E-state index in [1.807, 2.05) is 37.3 Å². The molecule has 3 rings (SSSR count). The smallest absolute Gasteiger partial charge is 0.275 e. The van der Waals surface area contributed by atoms with Gasteiger partial charge in [0.15, 0.2) is 0 Å². The van der Waals surface area contributed by atoms with E-state index >= 15 is 0 Å². The van der Waals surface area contributed by atoms with Gasteiger partial charge in [0.1, 0.15) is 5.75 Å². The quantitative estimate of drug-likeness (QED) is 0.532. The summed E-state index contributed by atoms with van der Waals surface area (Å²) in [5.41, 5.74) is 5.86. The minimum Gasteiger partial charge on any atom is -0.507 e. The van der Waals surface area contributed by atoms with Crippen molar-refractivity contribution in [2.75, 3.05) is 0 Å². The van der Waals surface area contributed by atoms with E-state index in [9.17, 15) is 9.90 Å². The number of carbonyl (C=O) groups is 1. The second kappa shape index (κ2) is 6.91. The number of aromatic hydroxyl groups is 1. The third-order valence-electron chi connectivity index (χ3n) is 4.62. The third-order valence-corrected chi connectivity index (χ3v) is 4.62. The van der Waals surface area contributed by atoms with Gasteiger partial charge in [-0.15, -0.1) is 0 Å². The lowest BCUT2D eigenvalue weighted by Gasteiger charge is -2.25. The van der Waals surface area contributed by atoms with Gasteiger partial charge in [-0.2, -0.15) is 5.10 Å². The number of amides is 1. The fourth-order valence-electron chi connectivity index (χ4n) is 3.58. The summed E-state index contributed by atoms with van der Waals surface area (Å²) in [5.74, 6) is -0.508. The number of carbonyl (C=O) groups excluding carboxylic acids is 1. The molecule has 1 aromatic heterocycles. The van der Waals surface area contributed by atoms with Crippen LogP contribution in [0.5, 0.6) is 5.75 Å². The second-order valence-corrected chi connectivity index (χ2v) is 7.75. The van der Waals surface area contributed by atoms with E-state index in [1.165, 1.54) is 0 Å². The minimum atomic E-state index is -0.445. The van der Waals surface area contributed by atoms with Crippen molar-refractivity contribution < 1.29 is 9.90 Å². The van der Waals surface area contributed by atoms with E-state index in [4.69, 9.17) is 0 Å².